The summed E-state index contributed by atoms with van der Waals surface area (Å²) in [6, 6.07) is 7.27. The van der Waals surface area contributed by atoms with E-state index in [1.807, 2.05) is 25.1 Å². The van der Waals surface area contributed by atoms with Crippen molar-refractivity contribution in [2.75, 3.05) is 11.9 Å². The molecule has 2 saturated carbocycles. The number of ether oxygens (including phenoxy) is 1. The zero-order chi connectivity index (χ0) is 16.8. The predicted molar refractivity (Wildman–Crippen MR) is 88.6 cm³/mol. The van der Waals surface area contributed by atoms with Crippen LogP contribution in [0.25, 0.3) is 0 Å². The summed E-state index contributed by atoms with van der Waals surface area (Å²) in [5.41, 5.74) is 0.603. The van der Waals surface area contributed by atoms with Crippen LogP contribution in [0.5, 0.6) is 5.75 Å². The lowest BCUT2D eigenvalue weighted by Gasteiger charge is -2.41. The molecule has 2 fully saturated rings. The zero-order valence-electron chi connectivity index (χ0n) is 13.5. The highest BCUT2D eigenvalue weighted by Crippen LogP contribution is 2.63. The van der Waals surface area contributed by atoms with E-state index in [1.165, 1.54) is 0 Å². The molecular weight excluding hydrogens is 306 g/mol. The molecule has 0 spiro atoms. The molecule has 5 nitrogen and oxygen atoms in total. The summed E-state index contributed by atoms with van der Waals surface area (Å²) >= 11 is 0. The van der Waals surface area contributed by atoms with Crippen LogP contribution in [0, 0.1) is 35.5 Å². The highest BCUT2D eigenvalue weighted by Gasteiger charge is 2.63. The average molecular weight is 327 g/mol. The number of amides is 1. The quantitative estimate of drug-likeness (QED) is 0.816. The number of hydrogen-bond donors (Lipinski definition) is 2. The van der Waals surface area contributed by atoms with Gasteiger partial charge in [0.1, 0.15) is 5.75 Å². The molecule has 6 atom stereocenters. The molecule has 0 aliphatic heterocycles. The van der Waals surface area contributed by atoms with Gasteiger partial charge in [0, 0.05) is 0 Å². The lowest BCUT2D eigenvalue weighted by Crippen LogP contribution is -2.48. The molecule has 24 heavy (non-hydrogen) atoms. The lowest BCUT2D eigenvalue weighted by molar-refractivity contribution is -0.152. The molecule has 0 saturated heterocycles. The van der Waals surface area contributed by atoms with Gasteiger partial charge in [-0.05, 0) is 49.1 Å². The van der Waals surface area contributed by atoms with Crippen LogP contribution in [0.1, 0.15) is 13.3 Å². The number of carbonyl (C=O) groups excluding carboxylic acids is 1. The number of rotatable bonds is 5. The largest absolute Gasteiger partial charge is 0.492 e. The fourth-order valence-electron chi connectivity index (χ4n) is 4.64. The molecular formula is C19H21NO4. The molecule has 4 aliphatic carbocycles. The molecule has 1 amide bonds. The van der Waals surface area contributed by atoms with E-state index in [0.717, 1.165) is 6.42 Å². The van der Waals surface area contributed by atoms with E-state index in [-0.39, 0.29) is 17.7 Å². The third kappa shape index (κ3) is 2.30. The van der Waals surface area contributed by atoms with Gasteiger partial charge in [0.25, 0.3) is 0 Å². The van der Waals surface area contributed by atoms with Crippen LogP contribution < -0.4 is 10.1 Å². The van der Waals surface area contributed by atoms with Crippen molar-refractivity contribution in [3.8, 4) is 5.75 Å². The molecule has 2 bridgehead atoms. The van der Waals surface area contributed by atoms with Crippen molar-refractivity contribution in [2.24, 2.45) is 35.5 Å². The van der Waals surface area contributed by atoms with Crippen LogP contribution in [-0.4, -0.2) is 23.6 Å². The van der Waals surface area contributed by atoms with Crippen LogP contribution in [0.15, 0.2) is 36.4 Å². The number of carboxylic acid groups (broad SMARTS) is 1. The fraction of sp³-hybridized carbons (Fsp3) is 0.474. The predicted octanol–water partition coefficient (Wildman–Crippen LogP) is 2.79. The minimum atomic E-state index is -0.863. The molecule has 0 aromatic heterocycles. The van der Waals surface area contributed by atoms with Gasteiger partial charge in [-0.25, -0.2) is 0 Å². The molecule has 4 aliphatic rings. The van der Waals surface area contributed by atoms with Crippen molar-refractivity contribution in [3.05, 3.63) is 36.4 Å². The van der Waals surface area contributed by atoms with Crippen molar-refractivity contribution in [2.45, 2.75) is 13.3 Å². The van der Waals surface area contributed by atoms with E-state index in [9.17, 15) is 14.7 Å². The first-order chi connectivity index (χ1) is 11.6. The first-order valence-corrected chi connectivity index (χ1v) is 8.55. The first kappa shape index (κ1) is 15.2. The zero-order valence-corrected chi connectivity index (χ0v) is 13.5. The Hall–Kier alpha value is -2.30. The summed E-state index contributed by atoms with van der Waals surface area (Å²) in [4.78, 5) is 24.7. The number of carboxylic acids is 1. The minimum Gasteiger partial charge on any atom is -0.492 e. The van der Waals surface area contributed by atoms with E-state index in [0.29, 0.717) is 29.9 Å². The second kappa shape index (κ2) is 5.65. The van der Waals surface area contributed by atoms with Gasteiger partial charge in [-0.3, -0.25) is 9.59 Å². The Morgan fingerprint density at radius 1 is 1.17 bits per heavy atom. The number of para-hydroxylation sites is 2. The maximum atomic E-state index is 12.9. The third-order valence-electron chi connectivity index (χ3n) is 5.68. The monoisotopic (exact) mass is 327 g/mol. The second-order valence-electron chi connectivity index (χ2n) is 6.91. The number of fused-ring (bicyclic) bond motifs is 1. The Kier molecular flexibility index (Phi) is 3.59. The number of benzene rings is 1. The van der Waals surface area contributed by atoms with Gasteiger partial charge in [0.15, 0.2) is 0 Å². The van der Waals surface area contributed by atoms with Gasteiger partial charge < -0.3 is 15.2 Å². The van der Waals surface area contributed by atoms with Crippen molar-refractivity contribution < 1.29 is 19.4 Å². The molecule has 1 aromatic carbocycles. The Morgan fingerprint density at radius 2 is 1.83 bits per heavy atom. The van der Waals surface area contributed by atoms with E-state index >= 15 is 0 Å². The smallest absolute Gasteiger partial charge is 0.307 e. The number of anilines is 1. The summed E-state index contributed by atoms with van der Waals surface area (Å²) in [5, 5.41) is 12.6. The molecule has 5 rings (SSSR count). The van der Waals surface area contributed by atoms with Gasteiger partial charge in [-0.1, -0.05) is 24.3 Å². The highest BCUT2D eigenvalue weighted by molar-refractivity contribution is 5.97. The van der Waals surface area contributed by atoms with Gasteiger partial charge in [0.2, 0.25) is 5.91 Å². The van der Waals surface area contributed by atoms with Crippen LogP contribution >= 0.6 is 0 Å². The summed E-state index contributed by atoms with van der Waals surface area (Å²) in [7, 11) is 0. The highest BCUT2D eigenvalue weighted by atomic mass is 16.5. The Bertz CT molecular complexity index is 713. The topological polar surface area (TPSA) is 75.6 Å². The maximum absolute atomic E-state index is 12.9. The molecule has 2 N–H and O–H groups in total. The van der Waals surface area contributed by atoms with Crippen molar-refractivity contribution >= 4 is 17.6 Å². The number of aliphatic carboxylic acids is 1. The van der Waals surface area contributed by atoms with Gasteiger partial charge >= 0.3 is 5.97 Å². The Balaban J connectivity index is 1.60. The molecule has 5 heteroatoms. The molecule has 126 valence electrons. The molecule has 0 radical (unpaired) electrons. The number of carbonyl (C=O) groups is 2. The van der Waals surface area contributed by atoms with Gasteiger partial charge in [-0.15, -0.1) is 0 Å². The van der Waals surface area contributed by atoms with Crippen LogP contribution in [0.2, 0.25) is 0 Å². The third-order valence-corrected chi connectivity index (χ3v) is 5.68. The SMILES string of the molecule is CCOc1ccccc1NC(=O)[C@@H]1[C@H]2C=C[C@@H]([C@@H]3C[C@H]23)[C@H]1C(=O)O. The van der Waals surface area contributed by atoms with Gasteiger partial charge in [-0.2, -0.15) is 0 Å². The van der Waals surface area contributed by atoms with Crippen molar-refractivity contribution in [1.82, 2.24) is 0 Å². The van der Waals surface area contributed by atoms with E-state index in [1.54, 1.807) is 12.1 Å². The second-order valence-corrected chi connectivity index (χ2v) is 6.91. The van der Waals surface area contributed by atoms with E-state index in [4.69, 9.17) is 4.74 Å². The van der Waals surface area contributed by atoms with E-state index in [2.05, 4.69) is 11.4 Å². The van der Waals surface area contributed by atoms with Crippen LogP contribution in [0.4, 0.5) is 5.69 Å². The van der Waals surface area contributed by atoms with E-state index < -0.39 is 17.8 Å². The standard InChI is InChI=1S/C19H21NO4/c1-2-24-15-6-4-3-5-14(15)20-18(21)16-10-7-8-11(13-9-12(10)13)17(16)19(22)23/h3-8,10-13,16-17H,2,9H2,1H3,(H,20,21)(H,22,23)/t10-,11-,12+,13-,16+,17+/m0/s1. The summed E-state index contributed by atoms with van der Waals surface area (Å²) in [6.45, 7) is 2.39. The summed E-state index contributed by atoms with van der Waals surface area (Å²) < 4.78 is 5.55. The van der Waals surface area contributed by atoms with Crippen LogP contribution in [-0.2, 0) is 9.59 Å². The first-order valence-electron chi connectivity index (χ1n) is 8.55. The number of nitrogens with one attached hydrogen (secondary N) is 1. The van der Waals surface area contributed by atoms with Gasteiger partial charge in [0.05, 0.1) is 24.1 Å². The maximum Gasteiger partial charge on any atom is 0.307 e. The lowest BCUT2D eigenvalue weighted by atomic mass is 9.62. The van der Waals surface area contributed by atoms with Crippen molar-refractivity contribution in [1.29, 1.82) is 0 Å². The summed E-state index contributed by atoms with van der Waals surface area (Å²) in [6.07, 6.45) is 5.14. The fourth-order valence-corrected chi connectivity index (χ4v) is 4.64. The molecule has 0 unspecified atom stereocenters. The van der Waals surface area contributed by atoms with Crippen molar-refractivity contribution in [3.63, 3.8) is 0 Å². The molecule has 1 aromatic rings. The Morgan fingerprint density at radius 3 is 2.50 bits per heavy atom. The average Bonchev–Trinajstić information content (AvgIpc) is 3.38. The Labute approximate surface area is 140 Å². The minimum absolute atomic E-state index is 0.00427. The normalized spacial score (nSPS) is 35.2. The molecule has 0 heterocycles. The summed E-state index contributed by atoms with van der Waals surface area (Å²) in [5.74, 6) is -0.609. The number of allylic oxidation sites excluding steroid dienone is 2. The number of hydrogen-bond acceptors (Lipinski definition) is 3. The van der Waals surface area contributed by atoms with Crippen LogP contribution in [0.3, 0.4) is 0 Å².